The first-order valence-corrected chi connectivity index (χ1v) is 12.5. The van der Waals surface area contributed by atoms with Crippen LogP contribution in [0.25, 0.3) is 11.0 Å². The second kappa shape index (κ2) is 10.5. The van der Waals surface area contributed by atoms with Crippen molar-refractivity contribution in [2.45, 2.75) is 51.0 Å². The fraction of sp³-hybridized carbons (Fsp3) is 0.462. The molecule has 0 unspecified atom stereocenters. The van der Waals surface area contributed by atoms with Crippen molar-refractivity contribution in [3.8, 4) is 0 Å². The van der Waals surface area contributed by atoms with Crippen LogP contribution in [-0.4, -0.2) is 52.1 Å². The Hall–Kier alpha value is -3.30. The number of benzene rings is 1. The number of amides is 1. The highest BCUT2D eigenvalue weighted by Crippen LogP contribution is 2.31. The van der Waals surface area contributed by atoms with Crippen LogP contribution < -0.4 is 16.2 Å². The Morgan fingerprint density at radius 3 is 2.57 bits per heavy atom. The summed E-state index contributed by atoms with van der Waals surface area (Å²) in [6.07, 6.45) is 11.0. The van der Waals surface area contributed by atoms with E-state index in [1.54, 1.807) is 6.20 Å². The van der Waals surface area contributed by atoms with Crippen LogP contribution in [0.2, 0.25) is 0 Å². The summed E-state index contributed by atoms with van der Waals surface area (Å²) >= 11 is 0. The molecule has 1 aliphatic heterocycles. The monoisotopic (exact) mass is 476 g/mol. The van der Waals surface area contributed by atoms with E-state index < -0.39 is 11.3 Å². The molecule has 3 aromatic rings. The molecule has 1 saturated heterocycles. The minimum atomic E-state index is -0.571. The summed E-state index contributed by atoms with van der Waals surface area (Å²) in [5.41, 5.74) is 4.60. The molecule has 35 heavy (non-hydrogen) atoms. The van der Waals surface area contributed by atoms with Crippen LogP contribution in [0.5, 0.6) is 0 Å². The number of nitrogens with zero attached hydrogens (tertiary/aromatic N) is 4. The van der Waals surface area contributed by atoms with Gasteiger partial charge >= 0.3 is 0 Å². The summed E-state index contributed by atoms with van der Waals surface area (Å²) in [5, 5.41) is 3.59. The average Bonchev–Trinajstić information content (AvgIpc) is 3.59. The molecule has 2 N–H and O–H groups in total. The van der Waals surface area contributed by atoms with Gasteiger partial charge in [0, 0.05) is 30.7 Å². The average molecular weight is 477 g/mol. The van der Waals surface area contributed by atoms with Gasteiger partial charge in [-0.05, 0) is 62.9 Å². The molecule has 5 rings (SSSR count). The fourth-order valence-electron chi connectivity index (χ4n) is 5.14. The summed E-state index contributed by atoms with van der Waals surface area (Å²) in [4.78, 5) is 41.8. The van der Waals surface area contributed by atoms with Crippen molar-refractivity contribution in [2.24, 2.45) is 0 Å². The van der Waals surface area contributed by atoms with Gasteiger partial charge in [0.1, 0.15) is 11.2 Å². The van der Waals surface area contributed by atoms with E-state index in [4.69, 9.17) is 9.82 Å². The van der Waals surface area contributed by atoms with E-state index in [9.17, 15) is 9.59 Å². The number of anilines is 2. The van der Waals surface area contributed by atoms with Crippen LogP contribution in [0.3, 0.4) is 0 Å². The molecule has 0 radical (unpaired) electrons. The number of carbonyl (C=O) groups is 1. The zero-order chi connectivity index (χ0) is 24.2. The maximum Gasteiger partial charge on any atom is 0.280 e. The summed E-state index contributed by atoms with van der Waals surface area (Å²) in [5.74, 6) is -0.152. The molecule has 0 bridgehead atoms. The van der Waals surface area contributed by atoms with Crippen LogP contribution in [0.1, 0.15) is 60.5 Å². The zero-order valence-electron chi connectivity index (χ0n) is 20.1. The first-order chi connectivity index (χ1) is 17.1. The number of nitrogens with one attached hydrogen (secondary N) is 2. The highest BCUT2D eigenvalue weighted by atomic mass is 16.6. The van der Waals surface area contributed by atoms with Gasteiger partial charge in [-0.25, -0.2) is 10.5 Å². The number of carbonyl (C=O) groups excluding carboxylic acids is 1. The Morgan fingerprint density at radius 2 is 1.86 bits per heavy atom. The number of fused-ring (bicyclic) bond motifs is 1. The summed E-state index contributed by atoms with van der Waals surface area (Å²) in [6.45, 7) is 3.52. The van der Waals surface area contributed by atoms with Gasteiger partial charge in [-0.15, -0.1) is 0 Å². The van der Waals surface area contributed by atoms with Gasteiger partial charge in [-0.1, -0.05) is 25.0 Å². The van der Waals surface area contributed by atoms with Crippen LogP contribution in [0, 0.1) is 0 Å². The molecule has 0 atom stereocenters. The Labute approximate surface area is 204 Å². The van der Waals surface area contributed by atoms with Crippen molar-refractivity contribution in [3.05, 3.63) is 58.0 Å². The molecule has 3 heterocycles. The fourth-order valence-corrected chi connectivity index (χ4v) is 5.14. The number of hydrogen-bond acceptors (Lipinski definition) is 7. The minimum Gasteiger partial charge on any atom is -0.328 e. The third-order valence-corrected chi connectivity index (χ3v) is 7.05. The van der Waals surface area contributed by atoms with E-state index in [-0.39, 0.29) is 11.6 Å². The lowest BCUT2D eigenvalue weighted by Gasteiger charge is -2.18. The van der Waals surface area contributed by atoms with Gasteiger partial charge in [0.25, 0.3) is 5.91 Å². The lowest BCUT2D eigenvalue weighted by Crippen LogP contribution is -2.30. The van der Waals surface area contributed by atoms with Gasteiger partial charge in [0.15, 0.2) is 0 Å². The molecular weight excluding hydrogens is 444 g/mol. The summed E-state index contributed by atoms with van der Waals surface area (Å²) in [7, 11) is 1.34. The molecule has 1 aliphatic carbocycles. The lowest BCUT2D eigenvalue weighted by molar-refractivity contribution is 0.0536. The van der Waals surface area contributed by atoms with Crippen LogP contribution in [0.4, 0.5) is 11.6 Å². The molecule has 9 heteroatoms. The Balaban J connectivity index is 1.40. The van der Waals surface area contributed by atoms with Gasteiger partial charge in [-0.3, -0.25) is 14.4 Å². The molecule has 1 amide bonds. The van der Waals surface area contributed by atoms with Gasteiger partial charge in [0.05, 0.1) is 12.5 Å². The lowest BCUT2D eigenvalue weighted by atomic mass is 10.1. The molecule has 2 aromatic heterocycles. The quantitative estimate of drug-likeness (QED) is 0.479. The van der Waals surface area contributed by atoms with Crippen molar-refractivity contribution >= 4 is 28.6 Å². The van der Waals surface area contributed by atoms with Gasteiger partial charge < -0.3 is 14.8 Å². The summed E-state index contributed by atoms with van der Waals surface area (Å²) < 4.78 is 1.96. The van der Waals surface area contributed by atoms with Gasteiger partial charge in [-0.2, -0.15) is 4.98 Å². The number of hydrogen-bond donors (Lipinski definition) is 2. The second-order valence-electron chi connectivity index (χ2n) is 9.40. The van der Waals surface area contributed by atoms with Crippen molar-refractivity contribution in [1.82, 2.24) is 24.9 Å². The van der Waals surface area contributed by atoms with Crippen LogP contribution in [-0.2, 0) is 11.3 Å². The smallest absolute Gasteiger partial charge is 0.280 e. The highest BCUT2D eigenvalue weighted by Gasteiger charge is 2.23. The van der Waals surface area contributed by atoms with Crippen LogP contribution >= 0.6 is 0 Å². The Bertz CT molecular complexity index is 1240. The molecule has 184 valence electrons. The molecule has 9 nitrogen and oxygen atoms in total. The molecule has 2 fully saturated rings. The van der Waals surface area contributed by atoms with E-state index in [0.29, 0.717) is 17.0 Å². The number of rotatable bonds is 8. The number of likely N-dealkylation sites (tertiary alicyclic amines) is 1. The first-order valence-electron chi connectivity index (χ1n) is 12.5. The minimum absolute atomic E-state index is 0.0279. The van der Waals surface area contributed by atoms with E-state index >= 15 is 0 Å². The van der Waals surface area contributed by atoms with Crippen molar-refractivity contribution in [1.29, 1.82) is 0 Å². The van der Waals surface area contributed by atoms with E-state index in [1.807, 2.05) is 16.7 Å². The van der Waals surface area contributed by atoms with Crippen LogP contribution in [0.15, 0.2) is 41.5 Å². The molecule has 1 saturated carbocycles. The van der Waals surface area contributed by atoms with E-state index in [2.05, 4.69) is 32.8 Å². The van der Waals surface area contributed by atoms with Crippen molar-refractivity contribution < 1.29 is 9.63 Å². The summed E-state index contributed by atoms with van der Waals surface area (Å²) in [6, 6.07) is 8.53. The highest BCUT2D eigenvalue weighted by molar-refractivity contribution is 5.96. The maximum atomic E-state index is 13.0. The maximum absolute atomic E-state index is 13.0. The van der Waals surface area contributed by atoms with Crippen molar-refractivity contribution in [3.63, 3.8) is 0 Å². The predicted octanol–water partition coefficient (Wildman–Crippen LogP) is 3.58. The normalized spacial score (nSPS) is 16.7. The Morgan fingerprint density at radius 1 is 1.11 bits per heavy atom. The predicted molar refractivity (Wildman–Crippen MR) is 135 cm³/mol. The number of pyridine rings is 1. The molecule has 2 aliphatic rings. The second-order valence-corrected chi connectivity index (χ2v) is 9.40. The standard InChI is InChI=1S/C26H32N6O3/c1-35-30-25(34)22-17-32(20-6-2-3-7-20)24-21(23(22)33)16-27-26(29-24)28-19-10-8-18(9-11-19)12-15-31-13-4-5-14-31/h8-11,16-17,20H,2-7,12-15H2,1H3,(H,30,34)(H,27,28,29). The first kappa shape index (κ1) is 23.4. The zero-order valence-corrected chi connectivity index (χ0v) is 20.1. The van der Waals surface area contributed by atoms with E-state index in [1.165, 1.54) is 44.8 Å². The van der Waals surface area contributed by atoms with E-state index in [0.717, 1.165) is 44.3 Å². The number of hydroxylamine groups is 1. The molecule has 1 aromatic carbocycles. The van der Waals surface area contributed by atoms with Crippen molar-refractivity contribution in [2.75, 3.05) is 32.1 Å². The number of aromatic nitrogens is 3. The molecule has 0 spiro atoms. The third-order valence-electron chi connectivity index (χ3n) is 7.05. The third kappa shape index (κ3) is 5.21. The van der Waals surface area contributed by atoms with Gasteiger partial charge in [0.2, 0.25) is 11.4 Å². The largest absolute Gasteiger partial charge is 0.328 e. The molecular formula is C26H32N6O3. The Kier molecular flexibility index (Phi) is 7.06. The topological polar surface area (TPSA) is 101 Å². The SMILES string of the molecule is CONC(=O)c1cn(C2CCCC2)c2nc(Nc3ccc(CCN4CCCC4)cc3)ncc2c1=O.